The number of nitrogens with zero attached hydrogens (tertiary/aromatic N) is 4. The second kappa shape index (κ2) is 9.33. The highest BCUT2D eigenvalue weighted by molar-refractivity contribution is 5.89. The fourth-order valence-electron chi connectivity index (χ4n) is 6.74. The SMILES string of the molecule is C=CC1(C)c2cc(C(C)C)c(-c3ccccc3)cc2N2c3nccnc3N(c3ccc(C(C)C)cc3)C2C1(C)C. The third kappa shape index (κ3) is 3.65. The summed E-state index contributed by atoms with van der Waals surface area (Å²) >= 11 is 0. The zero-order chi connectivity index (χ0) is 28.4. The Balaban J connectivity index is 1.66. The van der Waals surface area contributed by atoms with Crippen LogP contribution in [0.25, 0.3) is 11.1 Å². The molecular formula is C36H40N4. The molecule has 6 rings (SSSR count). The molecular weight excluding hydrogens is 488 g/mol. The van der Waals surface area contributed by atoms with Gasteiger partial charge in [0.25, 0.3) is 0 Å². The maximum absolute atomic E-state index is 4.96. The highest BCUT2D eigenvalue weighted by atomic mass is 15.5. The lowest BCUT2D eigenvalue weighted by molar-refractivity contribution is 0.170. The summed E-state index contributed by atoms with van der Waals surface area (Å²) in [6, 6.07) is 24.6. The van der Waals surface area contributed by atoms with E-state index in [1.54, 1.807) is 0 Å². The molecule has 0 aliphatic carbocycles. The van der Waals surface area contributed by atoms with Gasteiger partial charge in [-0.2, -0.15) is 0 Å². The molecule has 0 bridgehead atoms. The van der Waals surface area contributed by atoms with Gasteiger partial charge >= 0.3 is 0 Å². The van der Waals surface area contributed by atoms with Crippen molar-refractivity contribution >= 4 is 23.0 Å². The van der Waals surface area contributed by atoms with Crippen molar-refractivity contribution in [3.63, 3.8) is 0 Å². The summed E-state index contributed by atoms with van der Waals surface area (Å²) < 4.78 is 0. The fourth-order valence-corrected chi connectivity index (χ4v) is 6.74. The quantitative estimate of drug-likeness (QED) is 0.241. The van der Waals surface area contributed by atoms with Crippen LogP contribution in [0.4, 0.5) is 23.0 Å². The van der Waals surface area contributed by atoms with Gasteiger partial charge in [-0.25, -0.2) is 9.97 Å². The van der Waals surface area contributed by atoms with Crippen LogP contribution in [0.15, 0.2) is 91.8 Å². The highest BCUT2D eigenvalue weighted by Crippen LogP contribution is 2.62. The van der Waals surface area contributed by atoms with E-state index in [0.717, 1.165) is 17.3 Å². The summed E-state index contributed by atoms with van der Waals surface area (Å²) in [7, 11) is 0. The molecule has 0 fully saturated rings. The Kier molecular flexibility index (Phi) is 6.14. The largest absolute Gasteiger partial charge is 0.301 e. The van der Waals surface area contributed by atoms with Crippen LogP contribution in [0.3, 0.4) is 0 Å². The molecule has 0 N–H and O–H groups in total. The summed E-state index contributed by atoms with van der Waals surface area (Å²) in [4.78, 5) is 14.7. The molecule has 0 saturated heterocycles. The molecule has 0 amide bonds. The Hall–Kier alpha value is -3.92. The second-order valence-electron chi connectivity index (χ2n) is 12.7. The van der Waals surface area contributed by atoms with E-state index < -0.39 is 0 Å². The number of benzene rings is 3. The Morgan fingerprint density at radius 3 is 2.00 bits per heavy atom. The standard InChI is InChI=1S/C36H40N4/c1-9-36(8)30-21-28(24(4)5)29(26-13-11-10-12-14-26)22-31(30)40-33-32(37-19-20-38-33)39(34(40)35(36,6)7)27-17-15-25(16-18-27)23(2)3/h9-24,34H,1H2,2-8H3. The van der Waals surface area contributed by atoms with Crippen molar-refractivity contribution in [2.45, 2.75) is 71.9 Å². The van der Waals surface area contributed by atoms with Gasteiger partial charge in [0.05, 0.1) is 0 Å². The lowest BCUT2D eigenvalue weighted by atomic mass is 9.58. The Bertz CT molecular complexity index is 1570. The first-order valence-corrected chi connectivity index (χ1v) is 14.5. The van der Waals surface area contributed by atoms with E-state index >= 15 is 0 Å². The molecule has 2 aliphatic heterocycles. The molecule has 1 aromatic heterocycles. The third-order valence-electron chi connectivity index (χ3n) is 9.53. The summed E-state index contributed by atoms with van der Waals surface area (Å²) in [5, 5.41) is 0. The minimum Gasteiger partial charge on any atom is -0.301 e. The van der Waals surface area contributed by atoms with Crippen molar-refractivity contribution in [3.8, 4) is 11.1 Å². The van der Waals surface area contributed by atoms with Crippen molar-refractivity contribution in [2.24, 2.45) is 5.41 Å². The van der Waals surface area contributed by atoms with E-state index in [9.17, 15) is 0 Å². The van der Waals surface area contributed by atoms with Crippen molar-refractivity contribution in [1.82, 2.24) is 9.97 Å². The van der Waals surface area contributed by atoms with E-state index in [1.165, 1.54) is 33.5 Å². The number of allylic oxidation sites excluding steroid dienone is 1. The van der Waals surface area contributed by atoms with E-state index in [1.807, 2.05) is 12.4 Å². The van der Waals surface area contributed by atoms with Gasteiger partial charge in [0, 0.05) is 34.6 Å². The van der Waals surface area contributed by atoms with E-state index in [4.69, 9.17) is 9.97 Å². The summed E-state index contributed by atoms with van der Waals surface area (Å²) in [6.07, 6.45) is 5.75. The topological polar surface area (TPSA) is 32.3 Å². The number of hydrogen-bond donors (Lipinski definition) is 0. The molecule has 2 unspecified atom stereocenters. The maximum Gasteiger partial charge on any atom is 0.178 e. The molecule has 0 spiro atoms. The summed E-state index contributed by atoms with van der Waals surface area (Å²) in [6.45, 7) is 20.6. The molecule has 3 heterocycles. The minimum atomic E-state index is -0.305. The number of anilines is 4. The van der Waals surface area contributed by atoms with Crippen molar-refractivity contribution < 1.29 is 0 Å². The molecule has 0 radical (unpaired) electrons. The number of hydrogen-bond acceptors (Lipinski definition) is 4. The number of rotatable bonds is 5. The molecule has 4 nitrogen and oxygen atoms in total. The monoisotopic (exact) mass is 528 g/mol. The van der Waals surface area contributed by atoms with Crippen molar-refractivity contribution in [3.05, 3.63) is 108 Å². The van der Waals surface area contributed by atoms with Gasteiger partial charge in [-0.3, -0.25) is 0 Å². The van der Waals surface area contributed by atoms with E-state index in [2.05, 4.69) is 138 Å². The van der Waals surface area contributed by atoms with Crippen LogP contribution in [0.1, 0.15) is 77.0 Å². The van der Waals surface area contributed by atoms with Crippen LogP contribution in [0.2, 0.25) is 0 Å². The summed E-state index contributed by atoms with van der Waals surface area (Å²) in [5.41, 5.74) is 8.23. The molecule has 3 aromatic carbocycles. The first-order chi connectivity index (χ1) is 19.1. The Morgan fingerprint density at radius 2 is 1.43 bits per heavy atom. The van der Waals surface area contributed by atoms with Crippen molar-refractivity contribution in [1.29, 1.82) is 0 Å². The molecule has 4 heteroatoms. The molecule has 0 saturated carbocycles. The molecule has 4 aromatic rings. The maximum atomic E-state index is 4.96. The second-order valence-corrected chi connectivity index (χ2v) is 12.7. The first kappa shape index (κ1) is 26.3. The van der Waals surface area contributed by atoms with Gasteiger partial charge in [-0.1, -0.05) is 103 Å². The average molecular weight is 529 g/mol. The van der Waals surface area contributed by atoms with Crippen LogP contribution in [0, 0.1) is 5.41 Å². The zero-order valence-corrected chi connectivity index (χ0v) is 24.8. The fraction of sp³-hybridized carbons (Fsp3) is 0.333. The molecule has 2 aliphatic rings. The Morgan fingerprint density at radius 1 is 0.800 bits per heavy atom. The van der Waals surface area contributed by atoms with Crippen LogP contribution in [0.5, 0.6) is 0 Å². The normalized spacial score (nSPS) is 20.9. The van der Waals surface area contributed by atoms with Crippen LogP contribution in [-0.4, -0.2) is 16.1 Å². The van der Waals surface area contributed by atoms with Crippen molar-refractivity contribution in [2.75, 3.05) is 9.80 Å². The van der Waals surface area contributed by atoms with Gasteiger partial charge in [-0.15, -0.1) is 6.58 Å². The smallest absolute Gasteiger partial charge is 0.178 e. The van der Waals surface area contributed by atoms with Gasteiger partial charge in [0.2, 0.25) is 0 Å². The predicted molar refractivity (Wildman–Crippen MR) is 168 cm³/mol. The van der Waals surface area contributed by atoms with E-state index in [-0.39, 0.29) is 17.0 Å². The van der Waals surface area contributed by atoms with Gasteiger partial charge in [0.15, 0.2) is 11.6 Å². The average Bonchev–Trinajstić information content (AvgIpc) is 3.32. The lowest BCUT2D eigenvalue weighted by Gasteiger charge is -2.56. The van der Waals surface area contributed by atoms with Gasteiger partial charge in [-0.05, 0) is 57.9 Å². The zero-order valence-electron chi connectivity index (χ0n) is 24.8. The molecule has 40 heavy (non-hydrogen) atoms. The molecule has 2 atom stereocenters. The number of fused-ring (bicyclic) bond motifs is 5. The highest BCUT2D eigenvalue weighted by Gasteiger charge is 2.59. The van der Waals surface area contributed by atoms with Gasteiger partial charge < -0.3 is 9.80 Å². The predicted octanol–water partition coefficient (Wildman–Crippen LogP) is 9.49. The lowest BCUT2D eigenvalue weighted by Crippen LogP contribution is -2.60. The van der Waals surface area contributed by atoms with Crippen LogP contribution >= 0.6 is 0 Å². The molecule has 204 valence electrons. The first-order valence-electron chi connectivity index (χ1n) is 14.5. The Labute approximate surface area is 239 Å². The minimum absolute atomic E-state index is 0.0428. The summed E-state index contributed by atoms with van der Waals surface area (Å²) in [5.74, 6) is 2.64. The third-order valence-corrected chi connectivity index (χ3v) is 9.53. The van der Waals surface area contributed by atoms with E-state index in [0.29, 0.717) is 11.8 Å². The van der Waals surface area contributed by atoms with Crippen LogP contribution < -0.4 is 9.80 Å². The van der Waals surface area contributed by atoms with Gasteiger partial charge in [0.1, 0.15) is 6.17 Å². The number of aromatic nitrogens is 2. The van der Waals surface area contributed by atoms with Crippen LogP contribution in [-0.2, 0) is 5.41 Å².